The first-order valence-electron chi connectivity index (χ1n) is 11.2. The third-order valence-electron chi connectivity index (χ3n) is 5.54. The van der Waals surface area contributed by atoms with E-state index in [0.717, 1.165) is 32.1 Å². The van der Waals surface area contributed by atoms with E-state index in [4.69, 9.17) is 4.74 Å². The lowest BCUT2D eigenvalue weighted by Gasteiger charge is -2.26. The van der Waals surface area contributed by atoms with Crippen molar-refractivity contribution in [3.05, 3.63) is 12.2 Å². The van der Waals surface area contributed by atoms with Crippen LogP contribution in [0.2, 0.25) is 0 Å². The van der Waals surface area contributed by atoms with Crippen LogP contribution in [0.1, 0.15) is 103 Å². The fourth-order valence-electron chi connectivity index (χ4n) is 3.82. The van der Waals surface area contributed by atoms with Crippen molar-refractivity contribution < 1.29 is 19.4 Å². The number of carboxylic acids is 1. The Kier molecular flexibility index (Phi) is 13.8. The Morgan fingerprint density at radius 3 is 2.04 bits per heavy atom. The number of hydrogen-bond donors (Lipinski definition) is 1. The van der Waals surface area contributed by atoms with Crippen molar-refractivity contribution in [1.29, 1.82) is 0 Å². The van der Waals surface area contributed by atoms with E-state index in [-0.39, 0.29) is 5.97 Å². The highest BCUT2D eigenvalue weighted by Crippen LogP contribution is 2.31. The lowest BCUT2D eigenvalue weighted by molar-refractivity contribution is -0.159. The summed E-state index contributed by atoms with van der Waals surface area (Å²) >= 11 is 0. The number of ether oxygens (including phenoxy) is 1. The standard InChI is InChI=1S/C23H40O4/c1-2-3-4-5-6-7-8-9-10-11-12-13-16-19-27-23(26)21-18-15-14-17-20(21)22(24)25/h11-12,20-21H,2-10,13-19H2,1H3,(H,24,25)/b12-11+. The van der Waals surface area contributed by atoms with E-state index < -0.39 is 17.8 Å². The number of allylic oxidation sites excluding steroid dienone is 2. The Morgan fingerprint density at radius 1 is 0.852 bits per heavy atom. The molecule has 1 aliphatic carbocycles. The molecule has 27 heavy (non-hydrogen) atoms. The highest BCUT2D eigenvalue weighted by atomic mass is 16.5. The number of hydrogen-bond acceptors (Lipinski definition) is 3. The van der Waals surface area contributed by atoms with Crippen LogP contribution >= 0.6 is 0 Å². The van der Waals surface area contributed by atoms with Gasteiger partial charge in [-0.1, -0.05) is 76.9 Å². The summed E-state index contributed by atoms with van der Waals surface area (Å²) in [5, 5.41) is 9.24. The summed E-state index contributed by atoms with van der Waals surface area (Å²) in [6, 6.07) is 0. The Morgan fingerprint density at radius 2 is 1.41 bits per heavy atom. The maximum Gasteiger partial charge on any atom is 0.309 e. The molecule has 0 aromatic rings. The number of carbonyl (C=O) groups excluding carboxylic acids is 1. The molecule has 2 unspecified atom stereocenters. The van der Waals surface area contributed by atoms with E-state index in [1.807, 2.05) is 0 Å². The molecule has 0 saturated heterocycles. The van der Waals surface area contributed by atoms with E-state index in [1.54, 1.807) is 0 Å². The summed E-state index contributed by atoms with van der Waals surface area (Å²) in [4.78, 5) is 23.4. The highest BCUT2D eigenvalue weighted by Gasteiger charge is 2.36. The van der Waals surface area contributed by atoms with Crippen LogP contribution in [0.5, 0.6) is 0 Å². The van der Waals surface area contributed by atoms with Crippen LogP contribution in [0.3, 0.4) is 0 Å². The summed E-state index contributed by atoms with van der Waals surface area (Å²) in [5.41, 5.74) is 0. The normalized spacial score (nSPS) is 20.0. The van der Waals surface area contributed by atoms with Gasteiger partial charge in [0.25, 0.3) is 0 Å². The molecule has 0 aromatic carbocycles. The second kappa shape index (κ2) is 15.7. The average molecular weight is 381 g/mol. The average Bonchev–Trinajstić information content (AvgIpc) is 2.68. The molecule has 4 heteroatoms. The monoisotopic (exact) mass is 380 g/mol. The van der Waals surface area contributed by atoms with Gasteiger partial charge in [0, 0.05) is 0 Å². The predicted molar refractivity (Wildman–Crippen MR) is 110 cm³/mol. The zero-order valence-corrected chi connectivity index (χ0v) is 17.3. The number of esters is 1. The Labute approximate surface area is 165 Å². The van der Waals surface area contributed by atoms with Gasteiger partial charge in [0.2, 0.25) is 0 Å². The van der Waals surface area contributed by atoms with Crippen LogP contribution < -0.4 is 0 Å². The molecule has 1 aliphatic rings. The van der Waals surface area contributed by atoms with Crippen LogP contribution in [0.25, 0.3) is 0 Å². The van der Waals surface area contributed by atoms with E-state index >= 15 is 0 Å². The Hall–Kier alpha value is -1.32. The second-order valence-electron chi connectivity index (χ2n) is 7.88. The third kappa shape index (κ3) is 11.2. The molecule has 0 heterocycles. The topological polar surface area (TPSA) is 63.6 Å². The lowest BCUT2D eigenvalue weighted by Crippen LogP contribution is -2.33. The first-order chi connectivity index (χ1) is 13.2. The highest BCUT2D eigenvalue weighted by molar-refractivity contribution is 5.81. The zero-order chi connectivity index (χ0) is 19.7. The molecule has 0 bridgehead atoms. The van der Waals surface area contributed by atoms with Crippen LogP contribution in [0.4, 0.5) is 0 Å². The molecule has 0 spiro atoms. The predicted octanol–water partition coefficient (Wildman–Crippen LogP) is 6.29. The minimum absolute atomic E-state index is 0.315. The van der Waals surface area contributed by atoms with Crippen LogP contribution in [0.15, 0.2) is 12.2 Å². The molecule has 0 amide bonds. The minimum Gasteiger partial charge on any atom is -0.481 e. The van der Waals surface area contributed by atoms with Crippen LogP contribution in [0, 0.1) is 11.8 Å². The van der Waals surface area contributed by atoms with Crippen LogP contribution in [-0.4, -0.2) is 23.7 Å². The van der Waals surface area contributed by atoms with E-state index in [0.29, 0.717) is 19.4 Å². The van der Waals surface area contributed by atoms with Gasteiger partial charge in [0.05, 0.1) is 18.4 Å². The van der Waals surface area contributed by atoms with Gasteiger partial charge < -0.3 is 9.84 Å². The summed E-state index contributed by atoms with van der Waals surface area (Å²) in [5.74, 6) is -2.18. The number of aliphatic carboxylic acids is 1. The van der Waals surface area contributed by atoms with Crippen molar-refractivity contribution >= 4 is 11.9 Å². The van der Waals surface area contributed by atoms with Gasteiger partial charge in [0.15, 0.2) is 0 Å². The second-order valence-corrected chi connectivity index (χ2v) is 7.88. The van der Waals surface area contributed by atoms with Gasteiger partial charge in [-0.15, -0.1) is 0 Å². The molecule has 1 fully saturated rings. The summed E-state index contributed by atoms with van der Waals surface area (Å²) in [7, 11) is 0. The molecule has 0 aliphatic heterocycles. The molecule has 4 nitrogen and oxygen atoms in total. The van der Waals surface area contributed by atoms with Crippen molar-refractivity contribution in [3.8, 4) is 0 Å². The van der Waals surface area contributed by atoms with Crippen molar-refractivity contribution in [2.45, 2.75) is 103 Å². The van der Waals surface area contributed by atoms with E-state index in [1.165, 1.54) is 51.4 Å². The third-order valence-corrected chi connectivity index (χ3v) is 5.54. The van der Waals surface area contributed by atoms with Crippen molar-refractivity contribution in [2.24, 2.45) is 11.8 Å². The molecule has 1 saturated carbocycles. The van der Waals surface area contributed by atoms with Gasteiger partial charge in [-0.05, 0) is 38.5 Å². The Bertz CT molecular complexity index is 430. The van der Waals surface area contributed by atoms with Gasteiger partial charge in [-0.2, -0.15) is 0 Å². The van der Waals surface area contributed by atoms with E-state index in [9.17, 15) is 14.7 Å². The number of unbranched alkanes of at least 4 members (excludes halogenated alkanes) is 9. The summed E-state index contributed by atoms with van der Waals surface area (Å²) in [6.07, 6.45) is 21.1. The fraction of sp³-hybridized carbons (Fsp3) is 0.826. The Balaban J connectivity index is 1.97. The summed E-state index contributed by atoms with van der Waals surface area (Å²) in [6.45, 7) is 2.64. The van der Waals surface area contributed by atoms with Gasteiger partial charge >= 0.3 is 11.9 Å². The summed E-state index contributed by atoms with van der Waals surface area (Å²) < 4.78 is 5.33. The number of rotatable bonds is 15. The number of carbonyl (C=O) groups is 2. The zero-order valence-electron chi connectivity index (χ0n) is 17.3. The van der Waals surface area contributed by atoms with E-state index in [2.05, 4.69) is 19.1 Å². The maximum atomic E-state index is 12.1. The van der Waals surface area contributed by atoms with Gasteiger partial charge in [-0.25, -0.2) is 0 Å². The minimum atomic E-state index is -0.861. The quantitative estimate of drug-likeness (QED) is 0.206. The molecule has 2 atom stereocenters. The smallest absolute Gasteiger partial charge is 0.309 e. The van der Waals surface area contributed by atoms with Crippen molar-refractivity contribution in [3.63, 3.8) is 0 Å². The van der Waals surface area contributed by atoms with Crippen molar-refractivity contribution in [2.75, 3.05) is 6.61 Å². The number of carboxylic acid groups (broad SMARTS) is 1. The molecule has 0 radical (unpaired) electrons. The molecular formula is C23H40O4. The van der Waals surface area contributed by atoms with Crippen LogP contribution in [-0.2, 0) is 14.3 Å². The van der Waals surface area contributed by atoms with Crippen molar-refractivity contribution in [1.82, 2.24) is 0 Å². The first-order valence-corrected chi connectivity index (χ1v) is 11.2. The molecular weight excluding hydrogens is 340 g/mol. The maximum absolute atomic E-state index is 12.1. The fourth-order valence-corrected chi connectivity index (χ4v) is 3.82. The molecule has 0 aromatic heterocycles. The largest absolute Gasteiger partial charge is 0.481 e. The lowest BCUT2D eigenvalue weighted by atomic mass is 9.79. The molecule has 1 rings (SSSR count). The SMILES string of the molecule is CCCCCCCCCC/C=C/CCCOC(=O)C1CCCCC1C(=O)O. The molecule has 156 valence electrons. The molecule has 1 N–H and O–H groups in total. The van der Waals surface area contributed by atoms with Gasteiger partial charge in [-0.3, -0.25) is 9.59 Å². The van der Waals surface area contributed by atoms with Gasteiger partial charge in [0.1, 0.15) is 0 Å². The first kappa shape index (κ1) is 23.7.